The van der Waals surface area contributed by atoms with E-state index in [2.05, 4.69) is 24.3 Å². The van der Waals surface area contributed by atoms with E-state index < -0.39 is 0 Å². The summed E-state index contributed by atoms with van der Waals surface area (Å²) in [4.78, 5) is 12.1. The number of phenols is 3. The number of ketones is 1. The van der Waals surface area contributed by atoms with Gasteiger partial charge in [-0.1, -0.05) is 56.0 Å². The minimum absolute atomic E-state index is 0.0966. The van der Waals surface area contributed by atoms with Crippen molar-refractivity contribution in [2.45, 2.75) is 51.4 Å². The quantitative estimate of drug-likeness (QED) is 0.421. The minimum Gasteiger partial charge on any atom is -0.508 e. The van der Waals surface area contributed by atoms with Crippen molar-refractivity contribution in [2.24, 2.45) is 0 Å². The van der Waals surface area contributed by atoms with E-state index in [1.807, 2.05) is 6.07 Å². The van der Waals surface area contributed by atoms with Gasteiger partial charge in [-0.05, 0) is 24.8 Å². The smallest absolute Gasteiger partial charge is 0.170 e. The number of rotatable bonds is 10. The van der Waals surface area contributed by atoms with Gasteiger partial charge in [-0.15, -0.1) is 0 Å². The van der Waals surface area contributed by atoms with Crippen molar-refractivity contribution in [1.82, 2.24) is 0 Å². The summed E-state index contributed by atoms with van der Waals surface area (Å²) in [5.41, 5.74) is 1.28. The SMILES string of the molecule is O=C(CCCCCCCCc1ccccc1)c1c(O)cc(O)cc1O. The molecule has 0 atom stereocenters. The van der Waals surface area contributed by atoms with Gasteiger partial charge in [0.2, 0.25) is 0 Å². The topological polar surface area (TPSA) is 77.8 Å². The zero-order valence-electron chi connectivity index (χ0n) is 14.4. The molecule has 0 saturated heterocycles. The number of aryl methyl sites for hydroxylation is 1. The monoisotopic (exact) mass is 342 g/mol. The van der Waals surface area contributed by atoms with Crippen LogP contribution in [0.5, 0.6) is 17.2 Å². The second kappa shape index (κ2) is 9.72. The van der Waals surface area contributed by atoms with Crippen molar-refractivity contribution >= 4 is 5.78 Å². The Hall–Kier alpha value is -2.49. The third kappa shape index (κ3) is 6.14. The Morgan fingerprint density at radius 3 is 1.96 bits per heavy atom. The first-order valence-electron chi connectivity index (χ1n) is 8.90. The number of carbonyl (C=O) groups excluding carboxylic acids is 1. The van der Waals surface area contributed by atoms with Crippen LogP contribution in [0.15, 0.2) is 42.5 Å². The lowest BCUT2D eigenvalue weighted by Gasteiger charge is -2.07. The van der Waals surface area contributed by atoms with Gasteiger partial charge in [0.1, 0.15) is 22.8 Å². The summed E-state index contributed by atoms with van der Waals surface area (Å²) < 4.78 is 0. The first-order valence-corrected chi connectivity index (χ1v) is 8.90. The molecule has 4 nitrogen and oxygen atoms in total. The van der Waals surface area contributed by atoms with Gasteiger partial charge in [-0.3, -0.25) is 4.79 Å². The summed E-state index contributed by atoms with van der Waals surface area (Å²) in [6.45, 7) is 0. The first-order chi connectivity index (χ1) is 12.1. The summed E-state index contributed by atoms with van der Waals surface area (Å²) in [5.74, 6) is -1.30. The van der Waals surface area contributed by atoms with Crippen molar-refractivity contribution in [3.63, 3.8) is 0 Å². The highest BCUT2D eigenvalue weighted by Gasteiger charge is 2.17. The molecule has 0 radical (unpaired) electrons. The van der Waals surface area contributed by atoms with Crippen LogP contribution in [-0.2, 0) is 6.42 Å². The number of hydrogen-bond acceptors (Lipinski definition) is 4. The van der Waals surface area contributed by atoms with Gasteiger partial charge in [-0.2, -0.15) is 0 Å². The maximum Gasteiger partial charge on any atom is 0.170 e. The number of hydrogen-bond donors (Lipinski definition) is 3. The fourth-order valence-corrected chi connectivity index (χ4v) is 2.97. The second-order valence-corrected chi connectivity index (χ2v) is 6.39. The van der Waals surface area contributed by atoms with Gasteiger partial charge in [0.25, 0.3) is 0 Å². The Bertz CT molecular complexity index is 657. The third-order valence-corrected chi connectivity index (χ3v) is 4.32. The summed E-state index contributed by atoms with van der Waals surface area (Å²) >= 11 is 0. The van der Waals surface area contributed by atoms with Crippen molar-refractivity contribution < 1.29 is 20.1 Å². The molecule has 0 bridgehead atoms. The van der Waals surface area contributed by atoms with Crippen LogP contribution in [0.3, 0.4) is 0 Å². The molecule has 0 amide bonds. The minimum atomic E-state index is -0.372. The van der Waals surface area contributed by atoms with E-state index in [-0.39, 0.29) is 35.0 Å². The van der Waals surface area contributed by atoms with Crippen molar-refractivity contribution in [1.29, 1.82) is 0 Å². The average Bonchev–Trinajstić information content (AvgIpc) is 2.57. The molecule has 0 aliphatic rings. The Morgan fingerprint density at radius 2 is 1.32 bits per heavy atom. The molecular formula is C21H26O4. The Kier molecular flexibility index (Phi) is 7.33. The Labute approximate surface area is 148 Å². The maximum absolute atomic E-state index is 12.1. The van der Waals surface area contributed by atoms with Gasteiger partial charge in [0.05, 0.1) is 0 Å². The summed E-state index contributed by atoms with van der Waals surface area (Å²) in [6.07, 6.45) is 7.68. The van der Waals surface area contributed by atoms with E-state index in [0.29, 0.717) is 0 Å². The summed E-state index contributed by atoms with van der Waals surface area (Å²) in [7, 11) is 0. The molecule has 134 valence electrons. The average molecular weight is 342 g/mol. The van der Waals surface area contributed by atoms with Crippen LogP contribution >= 0.6 is 0 Å². The van der Waals surface area contributed by atoms with Crippen LogP contribution in [0.2, 0.25) is 0 Å². The Morgan fingerprint density at radius 1 is 0.760 bits per heavy atom. The number of Topliss-reactive ketones (excluding diaryl/α,β-unsaturated/α-hetero) is 1. The predicted molar refractivity (Wildman–Crippen MR) is 98.2 cm³/mol. The standard InChI is InChI=1S/C21H26O4/c22-17-14-19(24)21(20(25)15-17)18(23)13-9-4-2-1-3-6-10-16-11-7-5-8-12-16/h5,7-8,11-12,14-15,22,24-25H,1-4,6,9-10,13H2. The Balaban J connectivity index is 1.59. The van der Waals surface area contributed by atoms with Gasteiger partial charge in [0.15, 0.2) is 5.78 Å². The van der Waals surface area contributed by atoms with E-state index in [0.717, 1.165) is 44.2 Å². The molecule has 3 N–H and O–H groups in total. The number of unbranched alkanes of at least 4 members (excludes halogenated alkanes) is 5. The molecule has 0 aromatic heterocycles. The van der Waals surface area contributed by atoms with Crippen molar-refractivity contribution in [3.05, 3.63) is 53.6 Å². The summed E-state index contributed by atoms with van der Waals surface area (Å²) in [5, 5.41) is 28.6. The molecule has 0 spiro atoms. The molecule has 0 aliphatic heterocycles. The molecule has 2 aromatic rings. The number of phenolic OH excluding ortho intramolecular Hbond substituents is 3. The van der Waals surface area contributed by atoms with E-state index in [4.69, 9.17) is 0 Å². The van der Waals surface area contributed by atoms with Crippen molar-refractivity contribution in [3.8, 4) is 17.2 Å². The zero-order valence-corrected chi connectivity index (χ0v) is 14.4. The van der Waals surface area contributed by atoms with E-state index >= 15 is 0 Å². The fourth-order valence-electron chi connectivity index (χ4n) is 2.97. The van der Waals surface area contributed by atoms with E-state index in [1.165, 1.54) is 18.4 Å². The second-order valence-electron chi connectivity index (χ2n) is 6.39. The van der Waals surface area contributed by atoms with Crippen molar-refractivity contribution in [2.75, 3.05) is 0 Å². The lowest BCUT2D eigenvalue weighted by atomic mass is 10.0. The molecule has 0 fully saturated rings. The molecule has 0 aliphatic carbocycles. The number of aromatic hydroxyl groups is 3. The summed E-state index contributed by atoms with van der Waals surface area (Å²) in [6, 6.07) is 12.6. The highest BCUT2D eigenvalue weighted by molar-refractivity contribution is 6.01. The van der Waals surface area contributed by atoms with E-state index in [1.54, 1.807) is 0 Å². The van der Waals surface area contributed by atoms with Crippen LogP contribution in [0, 0.1) is 0 Å². The molecule has 0 heterocycles. The van der Waals surface area contributed by atoms with Gasteiger partial charge in [0, 0.05) is 18.6 Å². The third-order valence-electron chi connectivity index (χ3n) is 4.32. The van der Waals surface area contributed by atoms with E-state index in [9.17, 15) is 20.1 Å². The molecule has 4 heteroatoms. The lowest BCUT2D eigenvalue weighted by molar-refractivity contribution is 0.0973. The fraction of sp³-hybridized carbons (Fsp3) is 0.381. The molecule has 2 rings (SSSR count). The van der Waals surface area contributed by atoms with Crippen LogP contribution in [0.25, 0.3) is 0 Å². The van der Waals surface area contributed by atoms with Gasteiger partial charge in [-0.25, -0.2) is 0 Å². The van der Waals surface area contributed by atoms with Crippen LogP contribution in [0.4, 0.5) is 0 Å². The number of carbonyl (C=O) groups is 1. The first kappa shape index (κ1) is 18.8. The maximum atomic E-state index is 12.1. The molecule has 2 aromatic carbocycles. The molecular weight excluding hydrogens is 316 g/mol. The zero-order chi connectivity index (χ0) is 18.1. The van der Waals surface area contributed by atoms with Gasteiger partial charge >= 0.3 is 0 Å². The predicted octanol–water partition coefficient (Wildman–Crippen LogP) is 4.96. The van der Waals surface area contributed by atoms with Gasteiger partial charge < -0.3 is 15.3 Å². The molecule has 0 unspecified atom stereocenters. The largest absolute Gasteiger partial charge is 0.508 e. The van der Waals surface area contributed by atoms with Crippen LogP contribution < -0.4 is 0 Å². The number of benzene rings is 2. The highest BCUT2D eigenvalue weighted by atomic mass is 16.3. The molecule has 0 saturated carbocycles. The van der Waals surface area contributed by atoms with Crippen LogP contribution in [-0.4, -0.2) is 21.1 Å². The highest BCUT2D eigenvalue weighted by Crippen LogP contribution is 2.33. The lowest BCUT2D eigenvalue weighted by Crippen LogP contribution is -2.00. The van der Waals surface area contributed by atoms with Crippen LogP contribution in [0.1, 0.15) is 60.9 Å². The normalized spacial score (nSPS) is 10.7. The molecule has 25 heavy (non-hydrogen) atoms.